The average molecular weight is 402 g/mol. The first-order valence-corrected chi connectivity index (χ1v) is 11.3. The van der Waals surface area contributed by atoms with Crippen LogP contribution in [0.15, 0.2) is 35.5 Å². The van der Waals surface area contributed by atoms with Gasteiger partial charge in [-0.25, -0.2) is 13.4 Å². The lowest BCUT2D eigenvalue weighted by Gasteiger charge is -2.12. The molecule has 28 heavy (non-hydrogen) atoms. The number of Topliss-reactive ketones (excluding diaryl/α,β-unsaturated/α-hetero) is 1. The van der Waals surface area contributed by atoms with Gasteiger partial charge in [-0.1, -0.05) is 26.0 Å². The lowest BCUT2D eigenvalue weighted by molar-refractivity contribution is 0.0969. The monoisotopic (exact) mass is 401 g/mol. The smallest absolute Gasteiger partial charge is 0.228 e. The SMILES string of the molecule is Cc1cc(C(=O)Cn2c(S(C)(=O)=O)nc3ccccc32)c(C)n1CCC(C)C. The number of aryl methyl sites for hydroxylation is 1. The van der Waals surface area contributed by atoms with Gasteiger partial charge in [0.1, 0.15) is 0 Å². The number of benzene rings is 1. The van der Waals surface area contributed by atoms with Gasteiger partial charge in [-0.05, 0) is 44.4 Å². The molecule has 0 atom stereocenters. The van der Waals surface area contributed by atoms with Crippen molar-refractivity contribution >= 4 is 26.7 Å². The number of rotatable bonds is 7. The summed E-state index contributed by atoms with van der Waals surface area (Å²) in [5.41, 5.74) is 3.82. The van der Waals surface area contributed by atoms with Gasteiger partial charge >= 0.3 is 0 Å². The number of hydrogen-bond donors (Lipinski definition) is 0. The molecule has 3 aromatic rings. The number of ketones is 1. The molecule has 0 bridgehead atoms. The Bertz CT molecular complexity index is 1140. The molecule has 0 aliphatic rings. The third kappa shape index (κ3) is 3.90. The fourth-order valence-corrected chi connectivity index (χ4v) is 4.36. The van der Waals surface area contributed by atoms with Gasteiger partial charge in [0, 0.05) is 29.8 Å². The Morgan fingerprint density at radius 2 is 1.82 bits per heavy atom. The standard InChI is InChI=1S/C21H27N3O3S/c1-14(2)10-11-23-15(3)12-17(16(23)4)20(25)13-24-19-9-7-6-8-18(19)22-21(24)28(5,26)27/h6-9,12,14H,10-11,13H2,1-5H3. The predicted molar refractivity (Wildman–Crippen MR) is 111 cm³/mol. The van der Waals surface area contributed by atoms with Gasteiger partial charge in [-0.2, -0.15) is 0 Å². The maximum Gasteiger partial charge on any atom is 0.228 e. The zero-order valence-electron chi connectivity index (χ0n) is 17.1. The molecule has 1 aromatic carbocycles. The Labute approximate surface area is 166 Å². The van der Waals surface area contributed by atoms with Crippen LogP contribution in [-0.4, -0.2) is 34.6 Å². The van der Waals surface area contributed by atoms with Crippen molar-refractivity contribution in [1.82, 2.24) is 14.1 Å². The van der Waals surface area contributed by atoms with Crippen LogP contribution in [0.3, 0.4) is 0 Å². The van der Waals surface area contributed by atoms with Crippen LogP contribution in [0.5, 0.6) is 0 Å². The Balaban J connectivity index is 2.00. The Morgan fingerprint density at radius 1 is 1.14 bits per heavy atom. The lowest BCUT2D eigenvalue weighted by atomic mass is 10.1. The molecule has 2 heterocycles. The van der Waals surface area contributed by atoms with E-state index in [4.69, 9.17) is 0 Å². The molecule has 0 aliphatic heterocycles. The maximum absolute atomic E-state index is 13.1. The van der Waals surface area contributed by atoms with Crippen LogP contribution in [0.25, 0.3) is 11.0 Å². The highest BCUT2D eigenvalue weighted by atomic mass is 32.2. The van der Waals surface area contributed by atoms with Crippen LogP contribution in [0, 0.1) is 19.8 Å². The minimum Gasteiger partial charge on any atom is -0.348 e. The highest BCUT2D eigenvalue weighted by Crippen LogP contribution is 2.22. The molecule has 150 valence electrons. The van der Waals surface area contributed by atoms with Crippen molar-refractivity contribution < 1.29 is 13.2 Å². The summed E-state index contributed by atoms with van der Waals surface area (Å²) in [6, 6.07) is 9.06. The molecular formula is C21H27N3O3S. The zero-order valence-corrected chi connectivity index (χ0v) is 17.9. The maximum atomic E-state index is 13.1. The first kappa shape index (κ1) is 20.3. The van der Waals surface area contributed by atoms with E-state index in [1.165, 1.54) is 4.57 Å². The van der Waals surface area contributed by atoms with Crippen molar-refractivity contribution in [3.8, 4) is 0 Å². The quantitative estimate of drug-likeness (QED) is 0.565. The number of imidazole rings is 1. The number of fused-ring (bicyclic) bond motifs is 1. The first-order chi connectivity index (χ1) is 13.1. The third-order valence-electron chi connectivity index (χ3n) is 5.06. The number of carbonyl (C=O) groups excluding carboxylic acids is 1. The van der Waals surface area contributed by atoms with Crippen molar-refractivity contribution in [2.75, 3.05) is 6.26 Å². The van der Waals surface area contributed by atoms with Crippen LogP contribution in [0.1, 0.15) is 42.0 Å². The van der Waals surface area contributed by atoms with Gasteiger partial charge in [0.2, 0.25) is 15.0 Å². The summed E-state index contributed by atoms with van der Waals surface area (Å²) in [5, 5.41) is -0.0735. The fourth-order valence-electron chi connectivity index (χ4n) is 3.53. The fraction of sp³-hybridized carbons (Fsp3) is 0.429. The van der Waals surface area contributed by atoms with Crippen LogP contribution >= 0.6 is 0 Å². The van der Waals surface area contributed by atoms with Crippen molar-refractivity contribution in [1.29, 1.82) is 0 Å². The summed E-state index contributed by atoms with van der Waals surface area (Å²) < 4.78 is 28.1. The summed E-state index contributed by atoms with van der Waals surface area (Å²) in [4.78, 5) is 17.3. The molecule has 0 saturated carbocycles. The number of nitrogens with zero attached hydrogens (tertiary/aromatic N) is 3. The molecule has 2 aromatic heterocycles. The molecule has 0 radical (unpaired) electrons. The second kappa shape index (κ2) is 7.54. The van der Waals surface area contributed by atoms with Gasteiger partial charge in [-0.15, -0.1) is 0 Å². The van der Waals surface area contributed by atoms with Crippen LogP contribution in [0.2, 0.25) is 0 Å². The van der Waals surface area contributed by atoms with E-state index < -0.39 is 9.84 Å². The molecule has 0 spiro atoms. The molecular weight excluding hydrogens is 374 g/mol. The number of hydrogen-bond acceptors (Lipinski definition) is 4. The van der Waals surface area contributed by atoms with Gasteiger partial charge in [-0.3, -0.25) is 4.79 Å². The largest absolute Gasteiger partial charge is 0.348 e. The molecule has 6 nitrogen and oxygen atoms in total. The van der Waals surface area contributed by atoms with E-state index in [2.05, 4.69) is 23.4 Å². The summed E-state index contributed by atoms with van der Waals surface area (Å²) in [5.74, 6) is 0.465. The average Bonchev–Trinajstić information content (AvgIpc) is 3.11. The van der Waals surface area contributed by atoms with Gasteiger partial charge < -0.3 is 9.13 Å². The highest BCUT2D eigenvalue weighted by molar-refractivity contribution is 7.90. The van der Waals surface area contributed by atoms with Crippen molar-refractivity contribution in [3.63, 3.8) is 0 Å². The first-order valence-electron chi connectivity index (χ1n) is 9.45. The minimum absolute atomic E-state index is 0.0581. The van der Waals surface area contributed by atoms with Gasteiger partial charge in [0.25, 0.3) is 0 Å². The molecule has 0 unspecified atom stereocenters. The number of aromatic nitrogens is 3. The van der Waals surface area contributed by atoms with E-state index in [9.17, 15) is 13.2 Å². The van der Waals surface area contributed by atoms with Crippen molar-refractivity contribution in [2.45, 2.75) is 52.4 Å². The van der Waals surface area contributed by atoms with Crippen LogP contribution < -0.4 is 0 Å². The zero-order chi connectivity index (χ0) is 20.6. The van der Waals surface area contributed by atoms with Crippen LogP contribution in [-0.2, 0) is 22.9 Å². The third-order valence-corrected chi connectivity index (χ3v) is 6.03. The molecule has 0 aliphatic carbocycles. The number of sulfone groups is 1. The van der Waals surface area contributed by atoms with Crippen LogP contribution in [0.4, 0.5) is 0 Å². The van der Waals surface area contributed by atoms with E-state index in [1.807, 2.05) is 26.0 Å². The van der Waals surface area contributed by atoms with E-state index in [0.717, 1.165) is 30.6 Å². The molecule has 0 amide bonds. The normalized spacial score (nSPS) is 12.2. The van der Waals surface area contributed by atoms with Gasteiger partial charge in [0.05, 0.1) is 17.6 Å². The molecule has 0 saturated heterocycles. The molecule has 0 N–H and O–H groups in total. The highest BCUT2D eigenvalue weighted by Gasteiger charge is 2.23. The molecule has 0 fully saturated rings. The topological polar surface area (TPSA) is 74.0 Å². The molecule has 3 rings (SSSR count). The van der Waals surface area contributed by atoms with Crippen molar-refractivity contribution in [2.24, 2.45) is 5.92 Å². The van der Waals surface area contributed by atoms with E-state index in [1.54, 1.807) is 18.2 Å². The summed E-state index contributed by atoms with van der Waals surface area (Å²) >= 11 is 0. The van der Waals surface area contributed by atoms with E-state index in [0.29, 0.717) is 22.5 Å². The summed E-state index contributed by atoms with van der Waals surface area (Å²) in [7, 11) is -3.56. The summed E-state index contributed by atoms with van der Waals surface area (Å²) in [6.07, 6.45) is 2.15. The Hall–Kier alpha value is -2.41. The summed E-state index contributed by atoms with van der Waals surface area (Å²) in [6.45, 7) is 9.11. The second-order valence-corrected chi connectivity index (χ2v) is 9.69. The van der Waals surface area contributed by atoms with E-state index in [-0.39, 0.29) is 17.5 Å². The Morgan fingerprint density at radius 3 is 2.46 bits per heavy atom. The Kier molecular flexibility index (Phi) is 5.48. The second-order valence-electron chi connectivity index (χ2n) is 7.78. The number of carbonyl (C=O) groups is 1. The number of para-hydroxylation sites is 2. The van der Waals surface area contributed by atoms with E-state index >= 15 is 0 Å². The molecule has 7 heteroatoms. The van der Waals surface area contributed by atoms with Crippen molar-refractivity contribution in [3.05, 3.63) is 47.3 Å². The predicted octanol–water partition coefficient (Wildman–Crippen LogP) is 3.79. The van der Waals surface area contributed by atoms with Gasteiger partial charge in [0.15, 0.2) is 5.78 Å². The minimum atomic E-state index is -3.56. The lowest BCUT2D eigenvalue weighted by Crippen LogP contribution is -2.16.